The van der Waals surface area contributed by atoms with Crippen molar-refractivity contribution in [2.75, 3.05) is 12.0 Å². The van der Waals surface area contributed by atoms with Crippen LogP contribution in [0, 0.1) is 0 Å². The van der Waals surface area contributed by atoms with Crippen molar-refractivity contribution in [3.05, 3.63) is 70.2 Å². The van der Waals surface area contributed by atoms with Crippen molar-refractivity contribution in [2.45, 2.75) is 25.4 Å². The van der Waals surface area contributed by atoms with Crippen molar-refractivity contribution in [3.63, 3.8) is 0 Å². The molecule has 2 amide bonds. The van der Waals surface area contributed by atoms with Crippen LogP contribution in [0.4, 0.5) is 0 Å². The summed E-state index contributed by atoms with van der Waals surface area (Å²) in [5.74, 6) is 0.390. The Morgan fingerprint density at radius 1 is 1.04 bits per heavy atom. The van der Waals surface area contributed by atoms with Gasteiger partial charge in [0.2, 0.25) is 5.91 Å². The maximum absolute atomic E-state index is 12.7. The zero-order chi connectivity index (χ0) is 18.9. The fourth-order valence-electron chi connectivity index (χ4n) is 2.48. The van der Waals surface area contributed by atoms with Gasteiger partial charge in [-0.2, -0.15) is 11.8 Å². The third-order valence-electron chi connectivity index (χ3n) is 4.00. The van der Waals surface area contributed by atoms with Gasteiger partial charge in [-0.25, -0.2) is 0 Å². The predicted molar refractivity (Wildman–Crippen MR) is 111 cm³/mol. The Kier molecular flexibility index (Phi) is 8.19. The van der Waals surface area contributed by atoms with Gasteiger partial charge in [0, 0.05) is 10.0 Å². The Morgan fingerprint density at radius 3 is 2.31 bits per heavy atom. The first-order valence-electron chi connectivity index (χ1n) is 8.42. The van der Waals surface area contributed by atoms with Gasteiger partial charge in [-0.15, -0.1) is 0 Å². The highest BCUT2D eigenvalue weighted by atomic mass is 79.9. The van der Waals surface area contributed by atoms with Gasteiger partial charge in [-0.3, -0.25) is 9.59 Å². The molecule has 0 bridgehead atoms. The summed E-state index contributed by atoms with van der Waals surface area (Å²) in [5.41, 5.74) is 1.56. The summed E-state index contributed by atoms with van der Waals surface area (Å²) >= 11 is 5.06. The smallest absolute Gasteiger partial charge is 0.251 e. The molecule has 0 radical (unpaired) electrons. The Labute approximate surface area is 167 Å². The highest BCUT2D eigenvalue weighted by Crippen LogP contribution is 2.17. The van der Waals surface area contributed by atoms with Crippen LogP contribution >= 0.6 is 27.7 Å². The topological polar surface area (TPSA) is 58.2 Å². The number of nitrogens with one attached hydrogen (secondary N) is 2. The molecule has 2 aromatic carbocycles. The average molecular weight is 435 g/mol. The maximum atomic E-state index is 12.7. The molecule has 0 saturated carbocycles. The summed E-state index contributed by atoms with van der Waals surface area (Å²) in [6.45, 7) is 1.94. The molecule has 2 N–H and O–H groups in total. The van der Waals surface area contributed by atoms with Crippen LogP contribution in [0.2, 0.25) is 0 Å². The van der Waals surface area contributed by atoms with Crippen LogP contribution in [0.1, 0.15) is 35.3 Å². The molecule has 0 spiro atoms. The number of amides is 2. The van der Waals surface area contributed by atoms with Crippen molar-refractivity contribution < 1.29 is 9.59 Å². The summed E-state index contributed by atoms with van der Waals surface area (Å²) in [4.78, 5) is 25.1. The predicted octanol–water partition coefficient (Wildman–Crippen LogP) is 4.18. The molecule has 0 aliphatic carbocycles. The van der Waals surface area contributed by atoms with E-state index in [0.717, 1.165) is 15.8 Å². The van der Waals surface area contributed by atoms with Crippen LogP contribution in [-0.2, 0) is 4.79 Å². The number of thioether (sulfide) groups is 1. The molecule has 0 aliphatic rings. The van der Waals surface area contributed by atoms with E-state index in [4.69, 9.17) is 0 Å². The number of hydrogen-bond acceptors (Lipinski definition) is 3. The van der Waals surface area contributed by atoms with E-state index in [9.17, 15) is 9.59 Å². The lowest BCUT2D eigenvalue weighted by Gasteiger charge is -2.21. The van der Waals surface area contributed by atoms with Crippen molar-refractivity contribution in [3.8, 4) is 0 Å². The van der Waals surface area contributed by atoms with Crippen molar-refractivity contribution >= 4 is 39.5 Å². The van der Waals surface area contributed by atoms with E-state index < -0.39 is 6.04 Å². The first-order valence-corrected chi connectivity index (χ1v) is 10.6. The van der Waals surface area contributed by atoms with Crippen LogP contribution in [0.5, 0.6) is 0 Å². The molecule has 0 aliphatic heterocycles. The highest BCUT2D eigenvalue weighted by Gasteiger charge is 2.22. The Morgan fingerprint density at radius 2 is 1.69 bits per heavy atom. The van der Waals surface area contributed by atoms with Crippen LogP contribution in [-0.4, -0.2) is 29.9 Å². The molecule has 2 atom stereocenters. The number of carbonyl (C=O) groups is 2. The summed E-state index contributed by atoms with van der Waals surface area (Å²) < 4.78 is 0.993. The average Bonchev–Trinajstić information content (AvgIpc) is 2.66. The lowest BCUT2D eigenvalue weighted by molar-refractivity contribution is -0.123. The van der Waals surface area contributed by atoms with Crippen LogP contribution in [0.15, 0.2) is 59.1 Å². The molecule has 138 valence electrons. The molecule has 2 aromatic rings. The minimum absolute atomic E-state index is 0.138. The Bertz CT molecular complexity index is 722. The fourth-order valence-corrected chi connectivity index (χ4v) is 3.22. The zero-order valence-electron chi connectivity index (χ0n) is 14.9. The van der Waals surface area contributed by atoms with E-state index in [1.807, 2.05) is 55.6 Å². The zero-order valence-corrected chi connectivity index (χ0v) is 17.3. The molecule has 2 rings (SSSR count). The second-order valence-corrected chi connectivity index (χ2v) is 7.86. The number of hydrogen-bond donors (Lipinski definition) is 2. The van der Waals surface area contributed by atoms with Gasteiger partial charge in [0.05, 0.1) is 6.04 Å². The molecule has 0 unspecified atom stereocenters. The van der Waals surface area contributed by atoms with Gasteiger partial charge in [-0.05, 0) is 55.2 Å². The number of halogens is 1. The second-order valence-electron chi connectivity index (χ2n) is 5.96. The molecule has 0 heterocycles. The van der Waals surface area contributed by atoms with Crippen molar-refractivity contribution in [2.24, 2.45) is 0 Å². The van der Waals surface area contributed by atoms with Crippen LogP contribution in [0.25, 0.3) is 0 Å². The van der Waals surface area contributed by atoms with E-state index >= 15 is 0 Å². The van der Waals surface area contributed by atoms with E-state index in [0.29, 0.717) is 12.0 Å². The number of rotatable bonds is 8. The SMILES string of the molecule is CSCC[C@H](NC(=O)c1ccccc1)C(=O)N[C@@H](C)c1ccc(Br)cc1. The summed E-state index contributed by atoms with van der Waals surface area (Å²) in [6, 6.07) is 16.1. The highest BCUT2D eigenvalue weighted by molar-refractivity contribution is 9.10. The van der Waals surface area contributed by atoms with Crippen LogP contribution in [0.3, 0.4) is 0 Å². The summed E-state index contributed by atoms with van der Waals surface area (Å²) in [5, 5.41) is 5.87. The van der Waals surface area contributed by atoms with Gasteiger partial charge in [0.25, 0.3) is 5.91 Å². The molecule has 4 nitrogen and oxygen atoms in total. The molecule has 0 aromatic heterocycles. The minimum Gasteiger partial charge on any atom is -0.348 e. The largest absolute Gasteiger partial charge is 0.348 e. The van der Waals surface area contributed by atoms with E-state index in [1.165, 1.54) is 0 Å². The Hall–Kier alpha value is -1.79. The first-order chi connectivity index (χ1) is 12.5. The van der Waals surface area contributed by atoms with E-state index in [2.05, 4.69) is 26.6 Å². The summed E-state index contributed by atoms with van der Waals surface area (Å²) in [7, 11) is 0. The standard InChI is InChI=1S/C20H23BrN2O2S/c1-14(15-8-10-17(21)11-9-15)22-20(25)18(12-13-26-2)23-19(24)16-6-4-3-5-7-16/h3-11,14,18H,12-13H2,1-2H3,(H,22,25)(H,23,24)/t14-,18-/m0/s1. The van der Waals surface area contributed by atoms with E-state index in [1.54, 1.807) is 23.9 Å². The summed E-state index contributed by atoms with van der Waals surface area (Å²) in [6.07, 6.45) is 2.57. The van der Waals surface area contributed by atoms with Crippen molar-refractivity contribution in [1.29, 1.82) is 0 Å². The molecule has 0 fully saturated rings. The van der Waals surface area contributed by atoms with Gasteiger partial charge in [0.1, 0.15) is 6.04 Å². The first kappa shape index (κ1) is 20.5. The third kappa shape index (κ3) is 6.18. The van der Waals surface area contributed by atoms with Gasteiger partial charge < -0.3 is 10.6 Å². The van der Waals surface area contributed by atoms with Gasteiger partial charge in [0.15, 0.2) is 0 Å². The molecular weight excluding hydrogens is 412 g/mol. The molecule has 6 heteroatoms. The third-order valence-corrected chi connectivity index (χ3v) is 5.17. The number of benzene rings is 2. The minimum atomic E-state index is -0.562. The number of carbonyl (C=O) groups excluding carboxylic acids is 2. The second kappa shape index (κ2) is 10.4. The lowest BCUT2D eigenvalue weighted by atomic mass is 10.1. The van der Waals surface area contributed by atoms with Crippen LogP contribution < -0.4 is 10.6 Å². The molecule has 26 heavy (non-hydrogen) atoms. The fraction of sp³-hybridized carbons (Fsp3) is 0.300. The Balaban J connectivity index is 2.03. The van der Waals surface area contributed by atoms with Gasteiger partial charge in [-0.1, -0.05) is 46.3 Å². The van der Waals surface area contributed by atoms with E-state index in [-0.39, 0.29) is 17.9 Å². The normalized spacial score (nSPS) is 12.9. The lowest BCUT2D eigenvalue weighted by Crippen LogP contribution is -2.47. The van der Waals surface area contributed by atoms with Crippen molar-refractivity contribution in [1.82, 2.24) is 10.6 Å². The monoisotopic (exact) mass is 434 g/mol. The molecule has 0 saturated heterocycles. The molecular formula is C20H23BrN2O2S. The quantitative estimate of drug-likeness (QED) is 0.654. The maximum Gasteiger partial charge on any atom is 0.251 e. The van der Waals surface area contributed by atoms with Gasteiger partial charge >= 0.3 is 0 Å².